The molecule has 0 spiro atoms. The van der Waals surface area contributed by atoms with E-state index < -0.39 is 0 Å². The Morgan fingerprint density at radius 1 is 1.27 bits per heavy atom. The number of nitrogens with one attached hydrogen (secondary N) is 1. The van der Waals surface area contributed by atoms with E-state index in [9.17, 15) is 4.79 Å². The number of carbonyl (C=O) groups is 1. The molecule has 1 aliphatic rings. The summed E-state index contributed by atoms with van der Waals surface area (Å²) in [5.41, 5.74) is 1.31. The van der Waals surface area contributed by atoms with Crippen LogP contribution in [0.4, 0.5) is 0 Å². The van der Waals surface area contributed by atoms with Gasteiger partial charge in [-0.05, 0) is 43.9 Å². The zero-order valence-corrected chi connectivity index (χ0v) is 16.3. The van der Waals surface area contributed by atoms with Crippen LogP contribution in [0.5, 0.6) is 0 Å². The molecule has 1 aromatic heterocycles. The summed E-state index contributed by atoms with van der Waals surface area (Å²) in [6.45, 7) is 5.69. The molecule has 1 amide bonds. The summed E-state index contributed by atoms with van der Waals surface area (Å²) >= 11 is 1.81. The van der Waals surface area contributed by atoms with Gasteiger partial charge in [0.25, 0.3) is 0 Å². The van der Waals surface area contributed by atoms with E-state index in [0.717, 1.165) is 39.0 Å². The number of hydrogen-bond donors (Lipinski definition) is 1. The van der Waals surface area contributed by atoms with Gasteiger partial charge in [0.15, 0.2) is 0 Å². The minimum absolute atomic E-state index is 0.0850. The van der Waals surface area contributed by atoms with Gasteiger partial charge in [-0.1, -0.05) is 30.3 Å². The molecular formula is C21H28N2O2S. The Hall–Kier alpha value is -1.69. The Morgan fingerprint density at radius 3 is 2.81 bits per heavy atom. The van der Waals surface area contributed by atoms with Crippen molar-refractivity contribution in [2.75, 3.05) is 26.2 Å². The summed E-state index contributed by atoms with van der Waals surface area (Å²) in [5, 5.41) is 3.04. The molecule has 0 bridgehead atoms. The molecular weight excluding hydrogens is 344 g/mol. The number of thiophene rings is 1. The van der Waals surface area contributed by atoms with E-state index in [1.165, 1.54) is 15.3 Å². The van der Waals surface area contributed by atoms with Crippen LogP contribution in [0, 0.1) is 6.92 Å². The molecule has 2 heterocycles. The summed E-state index contributed by atoms with van der Waals surface area (Å²) < 4.78 is 5.59. The van der Waals surface area contributed by atoms with Crippen molar-refractivity contribution in [1.82, 2.24) is 10.2 Å². The number of hydrogen-bond acceptors (Lipinski definition) is 4. The van der Waals surface area contributed by atoms with Gasteiger partial charge in [-0.3, -0.25) is 9.69 Å². The highest BCUT2D eigenvalue weighted by Gasteiger charge is 2.17. The number of carbonyl (C=O) groups excluding carboxylic acids is 1. The Bertz CT molecular complexity index is 680. The van der Waals surface area contributed by atoms with Crippen molar-refractivity contribution in [3.05, 3.63) is 57.8 Å². The fourth-order valence-corrected chi connectivity index (χ4v) is 4.16. The van der Waals surface area contributed by atoms with Crippen LogP contribution < -0.4 is 5.32 Å². The first-order valence-electron chi connectivity index (χ1n) is 9.39. The molecule has 1 unspecified atom stereocenters. The maximum absolute atomic E-state index is 12.4. The van der Waals surface area contributed by atoms with Gasteiger partial charge < -0.3 is 10.1 Å². The van der Waals surface area contributed by atoms with E-state index in [4.69, 9.17) is 4.74 Å². The zero-order valence-electron chi connectivity index (χ0n) is 15.4. The fourth-order valence-electron chi connectivity index (χ4n) is 3.23. The third-order valence-electron chi connectivity index (χ3n) is 4.65. The third kappa shape index (κ3) is 6.24. The van der Waals surface area contributed by atoms with E-state index in [-0.39, 0.29) is 12.0 Å². The second kappa shape index (κ2) is 9.86. The van der Waals surface area contributed by atoms with Gasteiger partial charge in [0.2, 0.25) is 5.91 Å². The molecule has 0 radical (unpaired) electrons. The minimum Gasteiger partial charge on any atom is -0.376 e. The van der Waals surface area contributed by atoms with Crippen LogP contribution in [0.15, 0.2) is 42.5 Å². The lowest BCUT2D eigenvalue weighted by Gasteiger charge is -2.22. The molecule has 2 aromatic rings. The highest BCUT2D eigenvalue weighted by atomic mass is 32.1. The predicted octanol–water partition coefficient (Wildman–Crippen LogP) is 3.40. The van der Waals surface area contributed by atoms with E-state index in [1.54, 1.807) is 11.3 Å². The number of benzene rings is 1. The fraction of sp³-hybridized carbons (Fsp3) is 0.476. The van der Waals surface area contributed by atoms with Gasteiger partial charge in [0.05, 0.1) is 12.6 Å². The van der Waals surface area contributed by atoms with E-state index in [0.29, 0.717) is 13.1 Å². The molecule has 1 fully saturated rings. The van der Waals surface area contributed by atoms with Crippen molar-refractivity contribution in [3.63, 3.8) is 0 Å². The lowest BCUT2D eigenvalue weighted by atomic mass is 10.1. The van der Waals surface area contributed by atoms with Crippen molar-refractivity contribution in [3.8, 4) is 0 Å². The van der Waals surface area contributed by atoms with Crippen LogP contribution in [0.1, 0.15) is 28.2 Å². The van der Waals surface area contributed by atoms with Gasteiger partial charge >= 0.3 is 0 Å². The quantitative estimate of drug-likeness (QED) is 0.734. The Labute approximate surface area is 160 Å². The van der Waals surface area contributed by atoms with Crippen molar-refractivity contribution in [1.29, 1.82) is 0 Å². The molecule has 1 N–H and O–H groups in total. The van der Waals surface area contributed by atoms with Crippen LogP contribution >= 0.6 is 11.3 Å². The number of rotatable bonds is 9. The summed E-state index contributed by atoms with van der Waals surface area (Å²) in [7, 11) is 0. The SMILES string of the molecule is Cc1ccc(CN(CCc2ccccc2)CC(=O)NCC2CCCO2)s1. The normalized spacial score (nSPS) is 16.9. The summed E-state index contributed by atoms with van der Waals surface area (Å²) in [6.07, 6.45) is 3.29. The molecule has 3 rings (SSSR count). The Balaban J connectivity index is 1.53. The first-order valence-corrected chi connectivity index (χ1v) is 10.2. The van der Waals surface area contributed by atoms with Crippen molar-refractivity contribution in [2.24, 2.45) is 0 Å². The molecule has 0 aliphatic carbocycles. The van der Waals surface area contributed by atoms with E-state index >= 15 is 0 Å². The molecule has 1 aromatic carbocycles. The third-order valence-corrected chi connectivity index (χ3v) is 5.64. The molecule has 1 aliphatic heterocycles. The minimum atomic E-state index is 0.0850. The Morgan fingerprint density at radius 2 is 2.12 bits per heavy atom. The van der Waals surface area contributed by atoms with E-state index in [1.807, 2.05) is 6.07 Å². The van der Waals surface area contributed by atoms with Crippen LogP contribution in [-0.2, 0) is 22.5 Å². The first kappa shape index (κ1) is 19.1. The molecule has 140 valence electrons. The maximum Gasteiger partial charge on any atom is 0.234 e. The maximum atomic E-state index is 12.4. The highest BCUT2D eigenvalue weighted by Crippen LogP contribution is 2.17. The average Bonchev–Trinajstić information content (AvgIpc) is 3.30. The molecule has 1 saturated heterocycles. The van der Waals surface area contributed by atoms with Crippen molar-refractivity contribution in [2.45, 2.75) is 38.8 Å². The van der Waals surface area contributed by atoms with Gasteiger partial charge in [0.1, 0.15) is 0 Å². The average molecular weight is 373 g/mol. The number of aryl methyl sites for hydroxylation is 1. The number of amides is 1. The van der Waals surface area contributed by atoms with Crippen LogP contribution in [0.3, 0.4) is 0 Å². The van der Waals surface area contributed by atoms with Gasteiger partial charge in [-0.15, -0.1) is 11.3 Å². The molecule has 1 atom stereocenters. The number of ether oxygens (including phenoxy) is 1. The Kier molecular flexibility index (Phi) is 7.23. The zero-order chi connectivity index (χ0) is 18.2. The highest BCUT2D eigenvalue weighted by molar-refractivity contribution is 7.11. The topological polar surface area (TPSA) is 41.6 Å². The second-order valence-corrected chi connectivity index (χ2v) is 8.27. The lowest BCUT2D eigenvalue weighted by Crippen LogP contribution is -2.40. The monoisotopic (exact) mass is 372 g/mol. The predicted molar refractivity (Wildman–Crippen MR) is 106 cm³/mol. The molecule has 5 heteroatoms. The van der Waals surface area contributed by atoms with Crippen molar-refractivity contribution < 1.29 is 9.53 Å². The molecule has 26 heavy (non-hydrogen) atoms. The van der Waals surface area contributed by atoms with Crippen LogP contribution in [0.25, 0.3) is 0 Å². The van der Waals surface area contributed by atoms with Gasteiger partial charge in [-0.2, -0.15) is 0 Å². The molecule has 4 nitrogen and oxygen atoms in total. The largest absolute Gasteiger partial charge is 0.376 e. The first-order chi connectivity index (χ1) is 12.7. The lowest BCUT2D eigenvalue weighted by molar-refractivity contribution is -0.122. The summed E-state index contributed by atoms with van der Waals surface area (Å²) in [4.78, 5) is 17.3. The summed E-state index contributed by atoms with van der Waals surface area (Å²) in [6, 6.07) is 14.8. The van der Waals surface area contributed by atoms with Gasteiger partial charge in [-0.25, -0.2) is 0 Å². The standard InChI is InChI=1S/C21H28N2O2S/c1-17-9-10-20(26-17)15-23(12-11-18-6-3-2-4-7-18)16-21(24)22-14-19-8-5-13-25-19/h2-4,6-7,9-10,19H,5,8,11-16H2,1H3,(H,22,24). The van der Waals surface area contributed by atoms with Crippen LogP contribution in [0.2, 0.25) is 0 Å². The van der Waals surface area contributed by atoms with Crippen molar-refractivity contribution >= 4 is 17.2 Å². The molecule has 0 saturated carbocycles. The van der Waals surface area contributed by atoms with E-state index in [2.05, 4.69) is 53.5 Å². The second-order valence-electron chi connectivity index (χ2n) is 6.90. The van der Waals surface area contributed by atoms with Gasteiger partial charge in [0, 0.05) is 36.0 Å². The number of nitrogens with zero attached hydrogens (tertiary/aromatic N) is 1. The smallest absolute Gasteiger partial charge is 0.234 e. The summed E-state index contributed by atoms with van der Waals surface area (Å²) in [5.74, 6) is 0.0850. The van der Waals surface area contributed by atoms with Crippen LogP contribution in [-0.4, -0.2) is 43.2 Å².